The first-order valence-corrected chi connectivity index (χ1v) is 5.99. The van der Waals surface area contributed by atoms with Crippen LogP contribution < -0.4 is 5.32 Å². The summed E-state index contributed by atoms with van der Waals surface area (Å²) in [6.07, 6.45) is 2.02. The van der Waals surface area contributed by atoms with Crippen LogP contribution in [0.25, 0.3) is 0 Å². The number of rotatable bonds is 7. The van der Waals surface area contributed by atoms with Gasteiger partial charge in [0, 0.05) is 6.54 Å². The third-order valence-electron chi connectivity index (χ3n) is 2.84. The Balaban J connectivity index is 2.12. The molecule has 3 nitrogen and oxygen atoms in total. The quantitative estimate of drug-likeness (QED) is 0.724. The van der Waals surface area contributed by atoms with Gasteiger partial charge in [-0.25, -0.2) is 0 Å². The molecule has 0 amide bonds. The lowest BCUT2D eigenvalue weighted by atomic mass is 10.1. The highest BCUT2D eigenvalue weighted by Crippen LogP contribution is 2.11. The van der Waals surface area contributed by atoms with E-state index in [0.717, 1.165) is 18.9 Å². The van der Waals surface area contributed by atoms with Crippen LogP contribution in [0.1, 0.15) is 39.5 Å². The van der Waals surface area contributed by atoms with Crippen LogP contribution in [-0.4, -0.2) is 19.3 Å². The average molecular weight is 225 g/mol. The van der Waals surface area contributed by atoms with Gasteiger partial charge in [0.05, 0.1) is 25.0 Å². The second-order valence-electron chi connectivity index (χ2n) is 4.51. The van der Waals surface area contributed by atoms with E-state index in [1.165, 1.54) is 0 Å². The highest BCUT2D eigenvalue weighted by atomic mass is 16.5. The zero-order valence-corrected chi connectivity index (χ0v) is 10.7. The third-order valence-corrected chi connectivity index (χ3v) is 2.84. The Kier molecular flexibility index (Phi) is 5.56. The molecule has 2 atom stereocenters. The molecular weight excluding hydrogens is 202 g/mol. The lowest BCUT2D eigenvalue weighted by Gasteiger charge is -2.17. The normalized spacial score (nSPS) is 15.3. The van der Waals surface area contributed by atoms with E-state index in [-0.39, 0.29) is 6.04 Å². The van der Waals surface area contributed by atoms with E-state index < -0.39 is 0 Å². The zero-order chi connectivity index (χ0) is 12.0. The fourth-order valence-corrected chi connectivity index (χ4v) is 1.35. The van der Waals surface area contributed by atoms with Gasteiger partial charge in [-0.15, -0.1) is 0 Å². The van der Waals surface area contributed by atoms with E-state index in [1.54, 1.807) is 6.26 Å². The summed E-state index contributed by atoms with van der Waals surface area (Å²) in [6.45, 7) is 10.1. The molecule has 0 aliphatic rings. The van der Waals surface area contributed by atoms with E-state index >= 15 is 0 Å². The van der Waals surface area contributed by atoms with Crippen molar-refractivity contribution in [1.29, 1.82) is 0 Å². The van der Waals surface area contributed by atoms with Crippen LogP contribution >= 0.6 is 0 Å². The average Bonchev–Trinajstić information content (AvgIpc) is 2.76. The SMILES string of the molecule is CC(NCCOC(C)C(C)C)c1ccco1. The van der Waals surface area contributed by atoms with Crippen molar-refractivity contribution in [3.63, 3.8) is 0 Å². The van der Waals surface area contributed by atoms with Crippen molar-refractivity contribution < 1.29 is 9.15 Å². The fraction of sp³-hybridized carbons (Fsp3) is 0.692. The van der Waals surface area contributed by atoms with Gasteiger partial charge in [0.2, 0.25) is 0 Å². The topological polar surface area (TPSA) is 34.4 Å². The molecule has 0 aromatic carbocycles. The molecule has 0 fully saturated rings. The molecule has 1 rings (SSSR count). The molecule has 0 saturated carbocycles. The van der Waals surface area contributed by atoms with Crippen molar-refractivity contribution in [2.75, 3.05) is 13.2 Å². The third kappa shape index (κ3) is 4.37. The number of ether oxygens (including phenoxy) is 1. The van der Waals surface area contributed by atoms with Gasteiger partial charge in [0.25, 0.3) is 0 Å². The first kappa shape index (κ1) is 13.3. The number of hydrogen-bond acceptors (Lipinski definition) is 3. The molecule has 0 saturated heterocycles. The predicted molar refractivity (Wildman–Crippen MR) is 65.4 cm³/mol. The Labute approximate surface area is 98.2 Å². The fourth-order valence-electron chi connectivity index (χ4n) is 1.35. The van der Waals surface area contributed by atoms with Gasteiger partial charge in [-0.2, -0.15) is 0 Å². The van der Waals surface area contributed by atoms with E-state index in [1.807, 2.05) is 12.1 Å². The summed E-state index contributed by atoms with van der Waals surface area (Å²) in [6, 6.07) is 4.13. The van der Waals surface area contributed by atoms with Gasteiger partial charge in [0.1, 0.15) is 5.76 Å². The van der Waals surface area contributed by atoms with Crippen LogP contribution in [0.5, 0.6) is 0 Å². The summed E-state index contributed by atoms with van der Waals surface area (Å²) in [5.74, 6) is 1.54. The van der Waals surface area contributed by atoms with E-state index in [2.05, 4.69) is 33.0 Å². The Morgan fingerprint density at radius 1 is 1.31 bits per heavy atom. The molecular formula is C13H23NO2. The largest absolute Gasteiger partial charge is 0.468 e. The van der Waals surface area contributed by atoms with Crippen molar-refractivity contribution >= 4 is 0 Å². The second kappa shape index (κ2) is 6.71. The molecule has 1 aromatic rings. The highest BCUT2D eigenvalue weighted by molar-refractivity contribution is 5.02. The monoisotopic (exact) mass is 225 g/mol. The second-order valence-corrected chi connectivity index (χ2v) is 4.51. The maximum Gasteiger partial charge on any atom is 0.120 e. The van der Waals surface area contributed by atoms with Gasteiger partial charge < -0.3 is 14.5 Å². The van der Waals surface area contributed by atoms with E-state index in [4.69, 9.17) is 9.15 Å². The lowest BCUT2D eigenvalue weighted by molar-refractivity contribution is 0.0363. The van der Waals surface area contributed by atoms with Gasteiger partial charge in [0.15, 0.2) is 0 Å². The molecule has 0 radical (unpaired) electrons. The summed E-state index contributed by atoms with van der Waals surface area (Å²) in [5.41, 5.74) is 0. The van der Waals surface area contributed by atoms with Crippen LogP contribution in [-0.2, 0) is 4.74 Å². The highest BCUT2D eigenvalue weighted by Gasteiger charge is 2.08. The van der Waals surface area contributed by atoms with Crippen LogP contribution in [0.4, 0.5) is 0 Å². The predicted octanol–water partition coefficient (Wildman–Crippen LogP) is 2.99. The molecule has 0 spiro atoms. The van der Waals surface area contributed by atoms with Gasteiger partial charge in [-0.3, -0.25) is 0 Å². The number of nitrogens with one attached hydrogen (secondary N) is 1. The maximum absolute atomic E-state index is 5.68. The molecule has 2 unspecified atom stereocenters. The van der Waals surface area contributed by atoms with Crippen molar-refractivity contribution in [2.24, 2.45) is 5.92 Å². The van der Waals surface area contributed by atoms with Gasteiger partial charge in [-0.1, -0.05) is 13.8 Å². The van der Waals surface area contributed by atoms with Crippen molar-refractivity contribution in [3.05, 3.63) is 24.2 Å². The smallest absolute Gasteiger partial charge is 0.120 e. The van der Waals surface area contributed by atoms with Crippen molar-refractivity contribution in [1.82, 2.24) is 5.32 Å². The molecule has 0 bridgehead atoms. The van der Waals surface area contributed by atoms with Gasteiger partial charge >= 0.3 is 0 Å². The van der Waals surface area contributed by atoms with Crippen LogP contribution in [0.15, 0.2) is 22.8 Å². The Morgan fingerprint density at radius 3 is 2.62 bits per heavy atom. The van der Waals surface area contributed by atoms with Crippen LogP contribution in [0, 0.1) is 5.92 Å². The molecule has 92 valence electrons. The Hall–Kier alpha value is -0.800. The zero-order valence-electron chi connectivity index (χ0n) is 10.7. The minimum Gasteiger partial charge on any atom is -0.468 e. The lowest BCUT2D eigenvalue weighted by Crippen LogP contribution is -2.26. The summed E-state index contributed by atoms with van der Waals surface area (Å²) in [4.78, 5) is 0. The summed E-state index contributed by atoms with van der Waals surface area (Å²) in [7, 11) is 0. The molecule has 0 aliphatic heterocycles. The Morgan fingerprint density at radius 2 is 2.06 bits per heavy atom. The maximum atomic E-state index is 5.68. The molecule has 1 N–H and O–H groups in total. The number of hydrogen-bond donors (Lipinski definition) is 1. The summed E-state index contributed by atoms with van der Waals surface area (Å²) >= 11 is 0. The summed E-state index contributed by atoms with van der Waals surface area (Å²) in [5, 5.41) is 3.36. The molecule has 1 aromatic heterocycles. The van der Waals surface area contributed by atoms with Gasteiger partial charge in [-0.05, 0) is 31.9 Å². The molecule has 16 heavy (non-hydrogen) atoms. The molecule has 3 heteroatoms. The molecule has 0 aliphatic carbocycles. The van der Waals surface area contributed by atoms with Crippen LogP contribution in [0.2, 0.25) is 0 Å². The Bertz CT molecular complexity index is 269. The minimum atomic E-state index is 0.243. The first-order valence-electron chi connectivity index (χ1n) is 5.99. The summed E-state index contributed by atoms with van der Waals surface area (Å²) < 4.78 is 11.0. The van der Waals surface area contributed by atoms with Crippen molar-refractivity contribution in [3.8, 4) is 0 Å². The number of furan rings is 1. The van der Waals surface area contributed by atoms with E-state index in [9.17, 15) is 0 Å². The minimum absolute atomic E-state index is 0.243. The molecule has 1 heterocycles. The standard InChI is InChI=1S/C13H23NO2/c1-10(2)12(4)15-9-7-14-11(3)13-6-5-8-16-13/h5-6,8,10-12,14H,7,9H2,1-4H3. The van der Waals surface area contributed by atoms with Crippen LogP contribution in [0.3, 0.4) is 0 Å². The van der Waals surface area contributed by atoms with E-state index in [0.29, 0.717) is 12.0 Å². The van der Waals surface area contributed by atoms with Crippen molar-refractivity contribution in [2.45, 2.75) is 39.8 Å². The first-order chi connectivity index (χ1) is 7.61.